The number of hydrogen-bond acceptors (Lipinski definition) is 6. The molecule has 0 saturated heterocycles. The van der Waals surface area contributed by atoms with Gasteiger partial charge in [-0.05, 0) is 54.8 Å². The van der Waals surface area contributed by atoms with Crippen LogP contribution < -0.4 is 19.1 Å². The SMILES string of the molecule is CCCNC(=O)C(CC)N(Cc1ccccc1)C(=O)CN(c1ccccc1OC)S(=O)(=O)c1ccc(OC)cc1. The van der Waals surface area contributed by atoms with Crippen molar-refractivity contribution in [3.63, 3.8) is 0 Å². The maximum absolute atomic E-state index is 14.1. The lowest BCUT2D eigenvalue weighted by molar-refractivity contribution is -0.140. The van der Waals surface area contributed by atoms with Gasteiger partial charge in [-0.15, -0.1) is 0 Å². The Morgan fingerprint density at radius 2 is 1.52 bits per heavy atom. The lowest BCUT2D eigenvalue weighted by Crippen LogP contribution is -2.52. The molecule has 10 heteroatoms. The summed E-state index contributed by atoms with van der Waals surface area (Å²) in [5.74, 6) is -0.0210. The number of ether oxygens (including phenoxy) is 2. The molecular weight excluding hydrogens is 530 g/mol. The number of nitrogens with one attached hydrogen (secondary N) is 1. The molecule has 0 aliphatic carbocycles. The maximum atomic E-state index is 14.1. The van der Waals surface area contributed by atoms with Crippen LogP contribution in [-0.4, -0.2) is 58.5 Å². The summed E-state index contributed by atoms with van der Waals surface area (Å²) in [5.41, 5.74) is 1.02. The van der Waals surface area contributed by atoms with Crippen molar-refractivity contribution in [1.29, 1.82) is 0 Å². The number of hydrogen-bond donors (Lipinski definition) is 1. The van der Waals surface area contributed by atoms with Crippen molar-refractivity contribution in [2.75, 3.05) is 31.6 Å². The second kappa shape index (κ2) is 14.4. The van der Waals surface area contributed by atoms with Gasteiger partial charge in [0.15, 0.2) is 0 Å². The molecule has 1 atom stereocenters. The van der Waals surface area contributed by atoms with E-state index in [0.29, 0.717) is 18.7 Å². The van der Waals surface area contributed by atoms with Crippen molar-refractivity contribution in [2.24, 2.45) is 0 Å². The van der Waals surface area contributed by atoms with Gasteiger partial charge in [0.05, 0.1) is 24.8 Å². The molecule has 0 saturated carbocycles. The van der Waals surface area contributed by atoms with Gasteiger partial charge in [0.25, 0.3) is 10.0 Å². The summed E-state index contributed by atoms with van der Waals surface area (Å²) in [7, 11) is -1.30. The van der Waals surface area contributed by atoms with Crippen molar-refractivity contribution >= 4 is 27.5 Å². The number of carbonyl (C=O) groups is 2. The molecule has 1 N–H and O–H groups in total. The Hall–Kier alpha value is -4.05. The van der Waals surface area contributed by atoms with Crippen molar-refractivity contribution in [1.82, 2.24) is 10.2 Å². The Kier molecular flexibility index (Phi) is 11.0. The Morgan fingerprint density at radius 1 is 0.875 bits per heavy atom. The quantitative estimate of drug-likeness (QED) is 0.313. The molecule has 0 aromatic heterocycles. The average Bonchev–Trinajstić information content (AvgIpc) is 2.99. The molecule has 2 amide bonds. The number of methoxy groups -OCH3 is 2. The summed E-state index contributed by atoms with van der Waals surface area (Å²) in [6, 6.07) is 21.1. The molecule has 0 aliphatic heterocycles. The normalized spacial score (nSPS) is 11.8. The monoisotopic (exact) mass is 567 g/mol. The van der Waals surface area contributed by atoms with E-state index >= 15 is 0 Å². The topological polar surface area (TPSA) is 105 Å². The summed E-state index contributed by atoms with van der Waals surface area (Å²) in [6.07, 6.45) is 1.10. The predicted octanol–water partition coefficient (Wildman–Crippen LogP) is 4.23. The first-order chi connectivity index (χ1) is 19.3. The van der Waals surface area contributed by atoms with Gasteiger partial charge in [-0.2, -0.15) is 0 Å². The van der Waals surface area contributed by atoms with Crippen molar-refractivity contribution in [3.05, 3.63) is 84.4 Å². The van der Waals surface area contributed by atoms with Gasteiger partial charge < -0.3 is 19.7 Å². The molecule has 0 fully saturated rings. The third-order valence-corrected chi connectivity index (χ3v) is 8.19. The van der Waals surface area contributed by atoms with E-state index in [2.05, 4.69) is 5.32 Å². The highest BCUT2D eigenvalue weighted by Gasteiger charge is 2.34. The van der Waals surface area contributed by atoms with Crippen molar-refractivity contribution in [3.8, 4) is 11.5 Å². The van der Waals surface area contributed by atoms with Gasteiger partial charge in [-0.25, -0.2) is 8.42 Å². The van der Waals surface area contributed by atoms with Crippen LogP contribution in [0.25, 0.3) is 0 Å². The summed E-state index contributed by atoms with van der Waals surface area (Å²) in [6.45, 7) is 3.85. The van der Waals surface area contributed by atoms with E-state index in [1.807, 2.05) is 44.2 Å². The van der Waals surface area contributed by atoms with Crippen LogP contribution in [0.15, 0.2) is 83.8 Å². The third-order valence-electron chi connectivity index (χ3n) is 6.41. The Bertz CT molecular complexity index is 1360. The van der Waals surface area contributed by atoms with Gasteiger partial charge in [-0.1, -0.05) is 56.3 Å². The second-order valence-corrected chi connectivity index (χ2v) is 10.9. The highest BCUT2D eigenvalue weighted by Crippen LogP contribution is 2.33. The van der Waals surface area contributed by atoms with Crippen LogP contribution in [0.4, 0.5) is 5.69 Å². The Morgan fingerprint density at radius 3 is 2.12 bits per heavy atom. The molecule has 0 radical (unpaired) electrons. The van der Waals surface area contributed by atoms with Gasteiger partial charge in [-0.3, -0.25) is 13.9 Å². The number of benzene rings is 3. The van der Waals surface area contributed by atoms with Crippen LogP contribution in [0.2, 0.25) is 0 Å². The van der Waals surface area contributed by atoms with E-state index in [-0.39, 0.29) is 28.8 Å². The standard InChI is InChI=1S/C30H37N3O6S/c1-5-20-31-30(35)26(6-2)32(21-23-12-8-7-9-13-23)29(34)22-33(27-14-10-11-15-28(27)39-4)40(36,37)25-18-16-24(38-3)17-19-25/h7-19,26H,5-6,20-22H2,1-4H3,(H,31,35). The van der Waals surface area contributed by atoms with Crippen LogP contribution in [-0.2, 0) is 26.2 Å². The third kappa shape index (κ3) is 7.32. The summed E-state index contributed by atoms with van der Waals surface area (Å²) in [5, 5.41) is 2.88. The number of anilines is 1. The fourth-order valence-corrected chi connectivity index (χ4v) is 5.71. The zero-order valence-electron chi connectivity index (χ0n) is 23.4. The second-order valence-electron chi connectivity index (χ2n) is 9.08. The van der Waals surface area contributed by atoms with E-state index in [9.17, 15) is 18.0 Å². The van der Waals surface area contributed by atoms with E-state index in [1.165, 1.54) is 31.3 Å². The van der Waals surface area contributed by atoms with Crippen LogP contribution in [0.1, 0.15) is 32.3 Å². The molecule has 9 nitrogen and oxygen atoms in total. The van der Waals surface area contributed by atoms with E-state index in [1.54, 1.807) is 36.4 Å². The lowest BCUT2D eigenvalue weighted by atomic mass is 10.1. The van der Waals surface area contributed by atoms with Crippen molar-refractivity contribution < 1.29 is 27.5 Å². The van der Waals surface area contributed by atoms with Gasteiger partial charge >= 0.3 is 0 Å². The molecule has 0 spiro atoms. The fraction of sp³-hybridized carbons (Fsp3) is 0.333. The van der Waals surface area contributed by atoms with Gasteiger partial charge in [0, 0.05) is 13.1 Å². The minimum Gasteiger partial charge on any atom is -0.497 e. The number of carbonyl (C=O) groups excluding carboxylic acids is 2. The molecule has 3 aromatic rings. The van der Waals surface area contributed by atoms with Crippen LogP contribution in [0, 0.1) is 0 Å². The molecular formula is C30H37N3O6S. The van der Waals surface area contributed by atoms with E-state index < -0.39 is 28.5 Å². The highest BCUT2D eigenvalue weighted by molar-refractivity contribution is 7.92. The number of sulfonamides is 1. The molecule has 0 bridgehead atoms. The first-order valence-corrected chi connectivity index (χ1v) is 14.6. The van der Waals surface area contributed by atoms with Gasteiger partial charge in [0.1, 0.15) is 24.1 Å². The Balaban J connectivity index is 2.07. The van der Waals surface area contributed by atoms with Gasteiger partial charge in [0.2, 0.25) is 11.8 Å². The van der Waals surface area contributed by atoms with E-state index in [0.717, 1.165) is 16.3 Å². The minimum atomic E-state index is -4.23. The first-order valence-electron chi connectivity index (χ1n) is 13.2. The molecule has 3 rings (SSSR count). The van der Waals surface area contributed by atoms with Crippen LogP contribution in [0.5, 0.6) is 11.5 Å². The predicted molar refractivity (Wildman–Crippen MR) is 155 cm³/mol. The summed E-state index contributed by atoms with van der Waals surface area (Å²) >= 11 is 0. The van der Waals surface area contributed by atoms with Crippen LogP contribution >= 0.6 is 0 Å². The van der Waals surface area contributed by atoms with E-state index in [4.69, 9.17) is 9.47 Å². The van der Waals surface area contributed by atoms with Crippen LogP contribution in [0.3, 0.4) is 0 Å². The van der Waals surface area contributed by atoms with Crippen molar-refractivity contribution in [2.45, 2.75) is 44.2 Å². The molecule has 1 unspecified atom stereocenters. The largest absolute Gasteiger partial charge is 0.497 e. The molecule has 3 aromatic carbocycles. The average molecular weight is 568 g/mol. The lowest BCUT2D eigenvalue weighted by Gasteiger charge is -2.33. The maximum Gasteiger partial charge on any atom is 0.264 e. The Labute approximate surface area is 236 Å². The molecule has 40 heavy (non-hydrogen) atoms. The summed E-state index contributed by atoms with van der Waals surface area (Å²) in [4.78, 5) is 28.6. The first kappa shape index (κ1) is 30.5. The zero-order valence-corrected chi connectivity index (χ0v) is 24.2. The molecule has 214 valence electrons. The summed E-state index contributed by atoms with van der Waals surface area (Å²) < 4.78 is 39.7. The number of amides is 2. The number of rotatable bonds is 14. The smallest absolute Gasteiger partial charge is 0.264 e. The fourth-order valence-electron chi connectivity index (χ4n) is 4.29. The molecule has 0 heterocycles. The zero-order chi connectivity index (χ0) is 29.1. The highest BCUT2D eigenvalue weighted by atomic mass is 32.2. The number of nitrogens with zero attached hydrogens (tertiary/aromatic N) is 2. The number of para-hydroxylation sites is 2. The molecule has 0 aliphatic rings. The minimum absolute atomic E-state index is 0.0191.